The predicted octanol–water partition coefficient (Wildman–Crippen LogP) is 4.86. The van der Waals surface area contributed by atoms with Crippen molar-refractivity contribution in [3.05, 3.63) is 0 Å². The van der Waals surface area contributed by atoms with Crippen LogP contribution in [0, 0.1) is 11.8 Å². The highest BCUT2D eigenvalue weighted by atomic mass is 16.5. The molecule has 0 amide bonds. The zero-order chi connectivity index (χ0) is 14.2. The summed E-state index contributed by atoms with van der Waals surface area (Å²) < 4.78 is 4.95. The van der Waals surface area contributed by atoms with Crippen molar-refractivity contribution in [2.75, 3.05) is 6.61 Å². The van der Waals surface area contributed by atoms with E-state index in [0.29, 0.717) is 6.61 Å². The fourth-order valence-corrected chi connectivity index (χ4v) is 2.07. The Morgan fingerprint density at radius 1 is 0.842 bits per heavy atom. The maximum Gasteiger partial charge on any atom is 0.384 e. The van der Waals surface area contributed by atoms with Crippen molar-refractivity contribution in [1.82, 2.24) is 0 Å². The van der Waals surface area contributed by atoms with Crippen LogP contribution in [0.25, 0.3) is 0 Å². The van der Waals surface area contributed by atoms with Gasteiger partial charge in [0.1, 0.15) is 0 Å². The molecule has 0 radical (unpaired) electrons. The second-order valence-corrected chi connectivity index (χ2v) is 5.05. The molecule has 110 valence electrons. The van der Waals surface area contributed by atoms with Crippen molar-refractivity contribution in [1.29, 1.82) is 0 Å². The molecule has 2 nitrogen and oxygen atoms in total. The van der Waals surface area contributed by atoms with Crippen molar-refractivity contribution < 1.29 is 9.53 Å². The molecule has 0 spiro atoms. The van der Waals surface area contributed by atoms with E-state index in [1.807, 2.05) is 0 Å². The van der Waals surface area contributed by atoms with E-state index in [1.165, 1.54) is 57.8 Å². The van der Waals surface area contributed by atoms with Gasteiger partial charge in [-0.05, 0) is 13.3 Å². The summed E-state index contributed by atoms with van der Waals surface area (Å²) in [6.45, 7) is 4.42. The van der Waals surface area contributed by atoms with Crippen LogP contribution < -0.4 is 0 Å². The molecule has 0 aliphatic rings. The Bertz CT molecular complexity index is 260. The van der Waals surface area contributed by atoms with Gasteiger partial charge in [-0.2, -0.15) is 0 Å². The quantitative estimate of drug-likeness (QED) is 0.218. The summed E-state index contributed by atoms with van der Waals surface area (Å²) in [5.41, 5.74) is 0. The van der Waals surface area contributed by atoms with Crippen LogP contribution in [0.3, 0.4) is 0 Å². The molecular formula is C17H30O2. The number of rotatable bonds is 12. The lowest BCUT2D eigenvalue weighted by atomic mass is 10.1. The summed E-state index contributed by atoms with van der Waals surface area (Å²) >= 11 is 0. The molecule has 0 unspecified atom stereocenters. The number of carbonyl (C=O) groups excluding carboxylic acids is 1. The lowest BCUT2D eigenvalue weighted by Crippen LogP contribution is -2.02. The highest BCUT2D eigenvalue weighted by Crippen LogP contribution is 2.11. The zero-order valence-electron chi connectivity index (χ0n) is 12.8. The largest absolute Gasteiger partial charge is 0.456 e. The Morgan fingerprint density at radius 2 is 1.32 bits per heavy atom. The second kappa shape index (κ2) is 15.1. The molecule has 0 heterocycles. The molecule has 19 heavy (non-hydrogen) atoms. The Balaban J connectivity index is 3.06. The smallest absolute Gasteiger partial charge is 0.384 e. The highest BCUT2D eigenvalue weighted by Gasteiger charge is 1.96. The molecular weight excluding hydrogens is 236 g/mol. The van der Waals surface area contributed by atoms with Crippen molar-refractivity contribution in [2.24, 2.45) is 0 Å². The van der Waals surface area contributed by atoms with E-state index in [2.05, 4.69) is 18.8 Å². The van der Waals surface area contributed by atoms with Gasteiger partial charge >= 0.3 is 5.97 Å². The molecule has 0 atom stereocenters. The zero-order valence-corrected chi connectivity index (χ0v) is 12.8. The van der Waals surface area contributed by atoms with Crippen molar-refractivity contribution in [3.8, 4) is 11.8 Å². The first kappa shape index (κ1) is 18.0. The van der Waals surface area contributed by atoms with Crippen LogP contribution >= 0.6 is 0 Å². The lowest BCUT2D eigenvalue weighted by molar-refractivity contribution is -0.136. The molecule has 2 heteroatoms. The van der Waals surface area contributed by atoms with E-state index in [9.17, 15) is 4.79 Å². The molecule has 0 rings (SSSR count). The van der Waals surface area contributed by atoms with E-state index < -0.39 is 5.97 Å². The van der Waals surface area contributed by atoms with E-state index in [4.69, 9.17) is 4.74 Å². The molecule has 0 saturated heterocycles. The van der Waals surface area contributed by atoms with Gasteiger partial charge < -0.3 is 4.74 Å². The standard InChI is InChI=1S/C17H30O2/c1-3-5-6-7-8-9-10-11-12-13-14-16-19-17(18)15-4-2/h3,5-14,16H2,1-2H3. The average Bonchev–Trinajstić information content (AvgIpc) is 2.40. The SMILES string of the molecule is CC#CC(=O)OCCCCCCCCCCCCC. The molecule has 0 fully saturated rings. The highest BCUT2D eigenvalue weighted by molar-refractivity contribution is 5.88. The maximum atomic E-state index is 10.9. The first-order valence-corrected chi connectivity index (χ1v) is 7.90. The van der Waals surface area contributed by atoms with Crippen molar-refractivity contribution in [2.45, 2.75) is 84.5 Å². The number of ether oxygens (including phenoxy) is 1. The fourth-order valence-electron chi connectivity index (χ4n) is 2.07. The van der Waals surface area contributed by atoms with Gasteiger partial charge in [0.05, 0.1) is 6.61 Å². The first-order valence-electron chi connectivity index (χ1n) is 7.90. The van der Waals surface area contributed by atoms with E-state index >= 15 is 0 Å². The van der Waals surface area contributed by atoms with Crippen LogP contribution in [0.5, 0.6) is 0 Å². The van der Waals surface area contributed by atoms with Gasteiger partial charge in [-0.15, -0.1) is 0 Å². The van der Waals surface area contributed by atoms with Crippen LogP contribution in [0.2, 0.25) is 0 Å². The Labute approximate surface area is 119 Å². The number of hydrogen-bond acceptors (Lipinski definition) is 2. The molecule has 0 aliphatic carbocycles. The number of esters is 1. The summed E-state index contributed by atoms with van der Waals surface area (Å²) in [7, 11) is 0. The van der Waals surface area contributed by atoms with Crippen molar-refractivity contribution in [3.63, 3.8) is 0 Å². The summed E-state index contributed by atoms with van der Waals surface area (Å²) in [5.74, 6) is 4.52. The van der Waals surface area contributed by atoms with Gasteiger partial charge in [-0.3, -0.25) is 0 Å². The molecule has 0 N–H and O–H groups in total. The first-order chi connectivity index (χ1) is 9.31. The van der Waals surface area contributed by atoms with Crippen LogP contribution in [0.4, 0.5) is 0 Å². The normalized spacial score (nSPS) is 9.79. The Morgan fingerprint density at radius 3 is 1.79 bits per heavy atom. The minimum Gasteiger partial charge on any atom is -0.456 e. The monoisotopic (exact) mass is 266 g/mol. The van der Waals surface area contributed by atoms with E-state index in [-0.39, 0.29) is 0 Å². The molecule has 0 bridgehead atoms. The van der Waals surface area contributed by atoms with Gasteiger partial charge in [0, 0.05) is 5.92 Å². The maximum absolute atomic E-state index is 10.9. The average molecular weight is 266 g/mol. The molecule has 0 aromatic carbocycles. The van der Waals surface area contributed by atoms with Gasteiger partial charge in [0.15, 0.2) is 0 Å². The van der Waals surface area contributed by atoms with Gasteiger partial charge in [-0.1, -0.05) is 77.1 Å². The Hall–Kier alpha value is -0.970. The molecule has 0 aliphatic heterocycles. The molecule has 0 aromatic rings. The summed E-state index contributed by atoms with van der Waals surface area (Å²) in [5, 5.41) is 0. The number of carbonyl (C=O) groups is 1. The summed E-state index contributed by atoms with van der Waals surface area (Å²) in [6.07, 6.45) is 14.4. The van der Waals surface area contributed by atoms with Crippen LogP contribution in [-0.4, -0.2) is 12.6 Å². The van der Waals surface area contributed by atoms with Gasteiger partial charge in [0.25, 0.3) is 0 Å². The lowest BCUT2D eigenvalue weighted by Gasteiger charge is -2.03. The van der Waals surface area contributed by atoms with Gasteiger partial charge in [0.2, 0.25) is 0 Å². The second-order valence-electron chi connectivity index (χ2n) is 5.05. The predicted molar refractivity (Wildman–Crippen MR) is 80.9 cm³/mol. The number of hydrogen-bond donors (Lipinski definition) is 0. The van der Waals surface area contributed by atoms with Crippen molar-refractivity contribution >= 4 is 5.97 Å². The van der Waals surface area contributed by atoms with E-state index in [1.54, 1.807) is 6.92 Å². The van der Waals surface area contributed by atoms with Crippen LogP contribution in [-0.2, 0) is 9.53 Å². The third kappa shape index (κ3) is 15.0. The topological polar surface area (TPSA) is 26.3 Å². The molecule has 0 saturated carbocycles. The minimum atomic E-state index is -0.394. The van der Waals surface area contributed by atoms with Crippen LogP contribution in [0.1, 0.15) is 84.5 Å². The van der Waals surface area contributed by atoms with E-state index in [0.717, 1.165) is 12.8 Å². The minimum absolute atomic E-state index is 0.394. The summed E-state index contributed by atoms with van der Waals surface area (Å²) in [4.78, 5) is 10.9. The van der Waals surface area contributed by atoms with Gasteiger partial charge in [-0.25, -0.2) is 4.79 Å². The third-order valence-corrected chi connectivity index (χ3v) is 3.21. The Kier molecular flexibility index (Phi) is 14.3. The number of unbranched alkanes of at least 4 members (excludes halogenated alkanes) is 10. The molecule has 0 aromatic heterocycles. The van der Waals surface area contributed by atoms with Crippen LogP contribution in [0.15, 0.2) is 0 Å². The summed E-state index contributed by atoms with van der Waals surface area (Å²) in [6, 6.07) is 0. The fraction of sp³-hybridized carbons (Fsp3) is 0.824. The third-order valence-electron chi connectivity index (χ3n) is 3.21.